The summed E-state index contributed by atoms with van der Waals surface area (Å²) in [6.45, 7) is 10.0. The summed E-state index contributed by atoms with van der Waals surface area (Å²) in [7, 11) is 0. The minimum absolute atomic E-state index is 0.0657. The van der Waals surface area contributed by atoms with Gasteiger partial charge in [0.15, 0.2) is 0 Å². The molecular formula is C22H31N5O. The quantitative estimate of drug-likeness (QED) is 0.796. The van der Waals surface area contributed by atoms with Crippen molar-refractivity contribution in [3.63, 3.8) is 0 Å². The lowest BCUT2D eigenvalue weighted by molar-refractivity contribution is 0.164. The summed E-state index contributed by atoms with van der Waals surface area (Å²) >= 11 is 0. The molecule has 150 valence electrons. The maximum absolute atomic E-state index is 12.5. The van der Waals surface area contributed by atoms with Crippen LogP contribution in [0.4, 0.5) is 0 Å². The molecule has 0 N–H and O–H groups in total. The second-order valence-electron chi connectivity index (χ2n) is 9.41. The van der Waals surface area contributed by atoms with Gasteiger partial charge >= 0.3 is 0 Å². The molecule has 1 saturated carbocycles. The van der Waals surface area contributed by atoms with Crippen LogP contribution in [-0.2, 0) is 18.5 Å². The highest BCUT2D eigenvalue weighted by atomic mass is 16.1. The fourth-order valence-electron chi connectivity index (χ4n) is 3.85. The number of aromatic nitrogens is 4. The highest BCUT2D eigenvalue weighted by Crippen LogP contribution is 2.37. The lowest BCUT2D eigenvalue weighted by Gasteiger charge is -2.32. The predicted molar refractivity (Wildman–Crippen MR) is 109 cm³/mol. The zero-order valence-corrected chi connectivity index (χ0v) is 17.3. The lowest BCUT2D eigenvalue weighted by atomic mass is 9.92. The summed E-state index contributed by atoms with van der Waals surface area (Å²) in [6.07, 6.45) is 8.32. The van der Waals surface area contributed by atoms with E-state index in [2.05, 4.69) is 35.6 Å². The van der Waals surface area contributed by atoms with E-state index in [1.807, 2.05) is 12.3 Å². The molecule has 0 atom stereocenters. The van der Waals surface area contributed by atoms with E-state index in [9.17, 15) is 4.79 Å². The van der Waals surface area contributed by atoms with E-state index >= 15 is 0 Å². The molecule has 1 aliphatic heterocycles. The summed E-state index contributed by atoms with van der Waals surface area (Å²) in [6, 6.07) is 3.74. The molecule has 6 heteroatoms. The first-order chi connectivity index (χ1) is 13.4. The van der Waals surface area contributed by atoms with Crippen LogP contribution in [0.2, 0.25) is 0 Å². The molecule has 6 nitrogen and oxygen atoms in total. The van der Waals surface area contributed by atoms with Crippen LogP contribution in [0.3, 0.4) is 0 Å². The first-order valence-corrected chi connectivity index (χ1v) is 10.5. The number of piperidine rings is 1. The Morgan fingerprint density at radius 1 is 1.11 bits per heavy atom. The van der Waals surface area contributed by atoms with Crippen LogP contribution in [0.15, 0.2) is 29.5 Å². The van der Waals surface area contributed by atoms with Gasteiger partial charge in [0.05, 0.1) is 17.7 Å². The third-order valence-electron chi connectivity index (χ3n) is 5.87. The van der Waals surface area contributed by atoms with Gasteiger partial charge in [0.2, 0.25) is 0 Å². The molecule has 2 aromatic heterocycles. The van der Waals surface area contributed by atoms with Gasteiger partial charge in [-0.05, 0) is 50.8 Å². The largest absolute Gasteiger partial charge is 0.299 e. The Morgan fingerprint density at radius 3 is 2.50 bits per heavy atom. The minimum Gasteiger partial charge on any atom is -0.299 e. The number of hydrogen-bond acceptors (Lipinski definition) is 5. The van der Waals surface area contributed by atoms with E-state index < -0.39 is 0 Å². The second-order valence-corrected chi connectivity index (χ2v) is 9.41. The topological polar surface area (TPSA) is 63.9 Å². The Hall–Kier alpha value is -2.08. The van der Waals surface area contributed by atoms with E-state index in [-0.39, 0.29) is 11.0 Å². The van der Waals surface area contributed by atoms with Crippen molar-refractivity contribution >= 4 is 0 Å². The molecular weight excluding hydrogens is 350 g/mol. The fraction of sp³-hybridized carbons (Fsp3) is 0.636. The van der Waals surface area contributed by atoms with E-state index in [1.165, 1.54) is 12.8 Å². The normalized spacial score (nSPS) is 19.1. The maximum Gasteiger partial charge on any atom is 0.253 e. The van der Waals surface area contributed by atoms with Crippen molar-refractivity contribution < 1.29 is 0 Å². The molecule has 0 aromatic carbocycles. The molecule has 0 amide bonds. The van der Waals surface area contributed by atoms with Crippen molar-refractivity contribution in [1.82, 2.24) is 24.4 Å². The zero-order chi connectivity index (χ0) is 19.7. The maximum atomic E-state index is 12.5. The van der Waals surface area contributed by atoms with Crippen LogP contribution in [0.25, 0.3) is 0 Å². The highest BCUT2D eigenvalue weighted by Gasteiger charge is 2.27. The Balaban J connectivity index is 1.31. The number of rotatable bonds is 5. The van der Waals surface area contributed by atoms with Gasteiger partial charge in [0, 0.05) is 36.7 Å². The molecule has 0 radical (unpaired) electrons. The molecule has 1 aliphatic carbocycles. The van der Waals surface area contributed by atoms with Crippen molar-refractivity contribution in [3.8, 4) is 0 Å². The van der Waals surface area contributed by atoms with Gasteiger partial charge in [0.25, 0.3) is 5.56 Å². The van der Waals surface area contributed by atoms with Crippen molar-refractivity contribution in [2.75, 3.05) is 13.1 Å². The Bertz CT molecular complexity index is 873. The number of hydrogen-bond donors (Lipinski definition) is 0. The number of likely N-dealkylation sites (tertiary alicyclic amines) is 1. The van der Waals surface area contributed by atoms with Gasteiger partial charge in [-0.3, -0.25) is 14.3 Å². The number of nitrogens with zero attached hydrogens (tertiary/aromatic N) is 5. The van der Waals surface area contributed by atoms with E-state index in [0.717, 1.165) is 56.2 Å². The average molecular weight is 382 g/mol. The molecule has 28 heavy (non-hydrogen) atoms. The monoisotopic (exact) mass is 381 g/mol. The van der Waals surface area contributed by atoms with Crippen LogP contribution in [0.1, 0.15) is 69.6 Å². The van der Waals surface area contributed by atoms with Crippen molar-refractivity contribution in [3.05, 3.63) is 52.2 Å². The Kier molecular flexibility index (Phi) is 5.32. The molecule has 1 saturated heterocycles. The van der Waals surface area contributed by atoms with Crippen LogP contribution in [0, 0.1) is 5.92 Å². The SMILES string of the molecule is CC(C)(C)c1cc(=O)n(CC2CCN(Cc3ccnc(C4CC4)n3)CC2)cn1. The summed E-state index contributed by atoms with van der Waals surface area (Å²) in [5.74, 6) is 2.16. The van der Waals surface area contributed by atoms with Gasteiger partial charge in [-0.25, -0.2) is 15.0 Å². The highest BCUT2D eigenvalue weighted by molar-refractivity contribution is 5.11. The molecule has 0 spiro atoms. The smallest absolute Gasteiger partial charge is 0.253 e. The Labute approximate surface area is 167 Å². The molecule has 2 aromatic rings. The van der Waals surface area contributed by atoms with Crippen LogP contribution >= 0.6 is 0 Å². The zero-order valence-electron chi connectivity index (χ0n) is 17.3. The van der Waals surface area contributed by atoms with E-state index in [4.69, 9.17) is 4.98 Å². The van der Waals surface area contributed by atoms with Crippen LogP contribution in [-0.4, -0.2) is 37.5 Å². The van der Waals surface area contributed by atoms with Crippen LogP contribution < -0.4 is 5.56 Å². The van der Waals surface area contributed by atoms with Gasteiger partial charge in [-0.15, -0.1) is 0 Å². The van der Waals surface area contributed by atoms with Gasteiger partial charge in [0.1, 0.15) is 5.82 Å². The van der Waals surface area contributed by atoms with Gasteiger partial charge in [-0.1, -0.05) is 20.8 Å². The summed E-state index contributed by atoms with van der Waals surface area (Å²) in [5, 5.41) is 0. The minimum atomic E-state index is -0.0933. The van der Waals surface area contributed by atoms with Crippen LogP contribution in [0.5, 0.6) is 0 Å². The fourth-order valence-corrected chi connectivity index (χ4v) is 3.85. The molecule has 0 unspecified atom stereocenters. The van der Waals surface area contributed by atoms with Crippen molar-refractivity contribution in [2.45, 2.75) is 70.9 Å². The van der Waals surface area contributed by atoms with Gasteiger partial charge in [-0.2, -0.15) is 0 Å². The lowest BCUT2D eigenvalue weighted by Crippen LogP contribution is -2.36. The third-order valence-corrected chi connectivity index (χ3v) is 5.87. The van der Waals surface area contributed by atoms with Gasteiger partial charge < -0.3 is 0 Å². The standard InChI is InChI=1S/C22H31N5O/c1-22(2,3)19-12-20(28)27(15-24-19)13-16-7-10-26(11-8-16)14-18-6-9-23-21(25-18)17-4-5-17/h6,9,12,15-17H,4-5,7-8,10-11,13-14H2,1-3H3. The van der Waals surface area contributed by atoms with E-state index in [0.29, 0.717) is 11.8 Å². The molecule has 2 fully saturated rings. The van der Waals surface area contributed by atoms with E-state index in [1.54, 1.807) is 17.0 Å². The molecule has 4 rings (SSSR count). The third kappa shape index (κ3) is 4.66. The average Bonchev–Trinajstić information content (AvgIpc) is 3.50. The predicted octanol–water partition coefficient (Wildman–Crippen LogP) is 3.12. The Morgan fingerprint density at radius 2 is 1.86 bits per heavy atom. The summed E-state index contributed by atoms with van der Waals surface area (Å²) < 4.78 is 1.78. The first kappa shape index (κ1) is 19.2. The summed E-state index contributed by atoms with van der Waals surface area (Å²) in [5.41, 5.74) is 1.97. The molecule has 3 heterocycles. The summed E-state index contributed by atoms with van der Waals surface area (Å²) in [4.78, 5) is 28.6. The first-order valence-electron chi connectivity index (χ1n) is 10.5. The molecule has 2 aliphatic rings. The van der Waals surface area contributed by atoms with Crippen molar-refractivity contribution in [1.29, 1.82) is 0 Å². The molecule has 0 bridgehead atoms. The second kappa shape index (κ2) is 7.74. The van der Waals surface area contributed by atoms with Crippen molar-refractivity contribution in [2.24, 2.45) is 5.92 Å².